The molecular formula is C21H22Cl3F2N3O. The maximum atomic E-state index is 15.1. The Labute approximate surface area is 190 Å². The van der Waals surface area contributed by atoms with E-state index in [-0.39, 0.29) is 33.9 Å². The van der Waals surface area contributed by atoms with Crippen molar-refractivity contribution in [2.45, 2.75) is 31.2 Å². The molecule has 4 nitrogen and oxygen atoms in total. The highest BCUT2D eigenvalue weighted by Gasteiger charge is 2.45. The highest BCUT2D eigenvalue weighted by atomic mass is 35.5. The molecule has 0 saturated carbocycles. The predicted molar refractivity (Wildman–Crippen MR) is 119 cm³/mol. The van der Waals surface area contributed by atoms with Crippen LogP contribution in [0.15, 0.2) is 24.3 Å². The van der Waals surface area contributed by atoms with E-state index in [1.807, 2.05) is 0 Å². The summed E-state index contributed by atoms with van der Waals surface area (Å²) in [5.41, 5.74) is -0.284. The van der Waals surface area contributed by atoms with E-state index < -0.39 is 22.6 Å². The number of carbonyl (C=O) groups is 1. The van der Waals surface area contributed by atoms with E-state index in [0.29, 0.717) is 36.4 Å². The summed E-state index contributed by atoms with van der Waals surface area (Å²) in [5.74, 6) is -1.14. The van der Waals surface area contributed by atoms with Crippen LogP contribution in [0.3, 0.4) is 0 Å². The first kappa shape index (κ1) is 23.1. The van der Waals surface area contributed by atoms with Crippen molar-refractivity contribution in [3.8, 4) is 0 Å². The Morgan fingerprint density at radius 2 is 1.83 bits per heavy atom. The van der Waals surface area contributed by atoms with Crippen molar-refractivity contribution in [1.29, 1.82) is 0 Å². The average molecular weight is 477 g/mol. The Morgan fingerprint density at radius 1 is 1.13 bits per heavy atom. The van der Waals surface area contributed by atoms with E-state index in [0.717, 1.165) is 0 Å². The van der Waals surface area contributed by atoms with Crippen LogP contribution in [0.25, 0.3) is 0 Å². The summed E-state index contributed by atoms with van der Waals surface area (Å²) in [6.45, 7) is 4.44. The minimum absolute atomic E-state index is 0. The van der Waals surface area contributed by atoms with Crippen LogP contribution in [-0.4, -0.2) is 26.0 Å². The summed E-state index contributed by atoms with van der Waals surface area (Å²) in [6.07, 6.45) is 0.531. The number of amides is 1. The second-order valence-corrected chi connectivity index (χ2v) is 8.98. The zero-order valence-corrected chi connectivity index (χ0v) is 19.0. The number of benzene rings is 2. The van der Waals surface area contributed by atoms with E-state index >= 15 is 4.39 Å². The normalized spacial score (nSPS) is 22.1. The molecule has 2 aromatic carbocycles. The Hall–Kier alpha value is -1.60. The first-order chi connectivity index (χ1) is 13.6. The van der Waals surface area contributed by atoms with Crippen LogP contribution in [0.2, 0.25) is 10.0 Å². The monoisotopic (exact) mass is 475 g/mol. The summed E-state index contributed by atoms with van der Waals surface area (Å²) in [4.78, 5) is 14.0. The molecule has 162 valence electrons. The van der Waals surface area contributed by atoms with Crippen LogP contribution in [0.5, 0.6) is 0 Å². The van der Waals surface area contributed by atoms with Gasteiger partial charge < -0.3 is 15.5 Å². The van der Waals surface area contributed by atoms with E-state index in [1.54, 1.807) is 27.0 Å². The fraction of sp³-hybridized carbons (Fsp3) is 0.381. The van der Waals surface area contributed by atoms with Gasteiger partial charge in [-0.2, -0.15) is 0 Å². The zero-order chi connectivity index (χ0) is 21.1. The molecule has 2 aliphatic rings. The van der Waals surface area contributed by atoms with E-state index in [2.05, 4.69) is 10.6 Å². The van der Waals surface area contributed by atoms with Gasteiger partial charge in [0, 0.05) is 30.4 Å². The predicted octanol–water partition coefficient (Wildman–Crippen LogP) is 5.25. The fourth-order valence-electron chi connectivity index (χ4n) is 4.50. The molecule has 2 heterocycles. The van der Waals surface area contributed by atoms with Gasteiger partial charge in [-0.15, -0.1) is 12.4 Å². The zero-order valence-electron chi connectivity index (χ0n) is 16.7. The van der Waals surface area contributed by atoms with Gasteiger partial charge >= 0.3 is 0 Å². The molecule has 0 bridgehead atoms. The van der Waals surface area contributed by atoms with Crippen LogP contribution in [-0.2, 0) is 15.7 Å². The number of hydrogen-bond donors (Lipinski definition) is 2. The summed E-state index contributed by atoms with van der Waals surface area (Å²) < 4.78 is 29.9. The molecule has 1 saturated heterocycles. The Morgan fingerprint density at radius 3 is 2.47 bits per heavy atom. The molecule has 2 N–H and O–H groups in total. The number of nitrogens with one attached hydrogen (secondary N) is 2. The third-order valence-corrected chi connectivity index (χ3v) is 6.76. The van der Waals surface area contributed by atoms with Crippen LogP contribution < -0.4 is 15.5 Å². The SMILES string of the molecule is CN1C(=O)C(C)(C)c2c(F)cc(NC3(c4c(F)ccc(Cl)c4Cl)CCNC3)cc21.Cl. The van der Waals surface area contributed by atoms with Crippen molar-refractivity contribution in [3.05, 3.63) is 57.1 Å². The number of fused-ring (bicyclic) bond motifs is 1. The highest BCUT2D eigenvalue weighted by molar-refractivity contribution is 6.42. The largest absolute Gasteiger partial charge is 0.374 e. The van der Waals surface area contributed by atoms with Crippen molar-refractivity contribution >= 4 is 52.9 Å². The maximum Gasteiger partial charge on any atom is 0.237 e. The number of anilines is 2. The lowest BCUT2D eigenvalue weighted by atomic mass is 9.85. The fourth-order valence-corrected chi connectivity index (χ4v) is 4.99. The van der Waals surface area contributed by atoms with Crippen LogP contribution >= 0.6 is 35.6 Å². The lowest BCUT2D eigenvalue weighted by Crippen LogP contribution is -2.39. The molecule has 2 aromatic rings. The molecule has 1 unspecified atom stereocenters. The third kappa shape index (κ3) is 3.34. The van der Waals surface area contributed by atoms with E-state index in [9.17, 15) is 9.18 Å². The number of likely N-dealkylation sites (N-methyl/N-ethyl adjacent to an activating group) is 1. The highest BCUT2D eigenvalue weighted by Crippen LogP contribution is 2.46. The van der Waals surface area contributed by atoms with Crippen molar-refractivity contribution < 1.29 is 13.6 Å². The molecule has 2 aliphatic heterocycles. The van der Waals surface area contributed by atoms with E-state index in [1.165, 1.54) is 23.1 Å². The van der Waals surface area contributed by atoms with Gasteiger partial charge in [-0.3, -0.25) is 4.79 Å². The Bertz CT molecular complexity index is 1020. The van der Waals surface area contributed by atoms with Crippen molar-refractivity contribution in [3.63, 3.8) is 0 Å². The van der Waals surface area contributed by atoms with Gasteiger partial charge in [0.05, 0.1) is 26.7 Å². The van der Waals surface area contributed by atoms with Crippen molar-refractivity contribution in [2.24, 2.45) is 0 Å². The summed E-state index contributed by atoms with van der Waals surface area (Å²) in [6, 6.07) is 5.77. The number of carbonyl (C=O) groups excluding carboxylic acids is 1. The topological polar surface area (TPSA) is 44.4 Å². The average Bonchev–Trinajstić information content (AvgIpc) is 3.17. The van der Waals surface area contributed by atoms with Crippen molar-refractivity contribution in [1.82, 2.24) is 5.32 Å². The van der Waals surface area contributed by atoms with E-state index in [4.69, 9.17) is 23.2 Å². The van der Waals surface area contributed by atoms with Gasteiger partial charge in [-0.05, 0) is 51.1 Å². The van der Waals surface area contributed by atoms with Gasteiger partial charge in [0.2, 0.25) is 5.91 Å². The minimum Gasteiger partial charge on any atom is -0.374 e. The molecule has 9 heteroatoms. The smallest absolute Gasteiger partial charge is 0.237 e. The molecule has 30 heavy (non-hydrogen) atoms. The molecule has 0 aliphatic carbocycles. The summed E-state index contributed by atoms with van der Waals surface area (Å²) in [5, 5.41) is 6.89. The van der Waals surface area contributed by atoms with Gasteiger partial charge in [-0.1, -0.05) is 23.2 Å². The van der Waals surface area contributed by atoms with Crippen LogP contribution in [0.1, 0.15) is 31.4 Å². The number of nitrogens with zero attached hydrogens (tertiary/aromatic N) is 1. The minimum atomic E-state index is -0.943. The maximum absolute atomic E-state index is 15.1. The summed E-state index contributed by atoms with van der Waals surface area (Å²) >= 11 is 12.5. The first-order valence-corrected chi connectivity index (χ1v) is 10.1. The number of hydrogen-bond acceptors (Lipinski definition) is 3. The van der Waals surface area contributed by atoms with Crippen LogP contribution in [0.4, 0.5) is 20.2 Å². The molecule has 0 spiro atoms. The Balaban J connectivity index is 0.00000256. The third-order valence-electron chi connectivity index (χ3n) is 5.96. The molecule has 1 atom stereocenters. The second kappa shape index (κ2) is 7.83. The molecule has 1 amide bonds. The number of halogens is 5. The second-order valence-electron chi connectivity index (χ2n) is 8.19. The Kier molecular flexibility index (Phi) is 6.02. The molecule has 0 aromatic heterocycles. The first-order valence-electron chi connectivity index (χ1n) is 9.33. The van der Waals surface area contributed by atoms with Gasteiger partial charge in [-0.25, -0.2) is 8.78 Å². The lowest BCUT2D eigenvalue weighted by Gasteiger charge is -2.33. The molecule has 4 rings (SSSR count). The quantitative estimate of drug-likeness (QED) is 0.595. The lowest BCUT2D eigenvalue weighted by molar-refractivity contribution is -0.121. The standard InChI is InChI=1S/C21H21Cl2F2N3O.ClH/c1-20(2)16-14(25)8-11(9-15(16)28(3)19(20)29)27-21(6-7-26-10-21)17-13(24)5-4-12(22)18(17)23;/h4-5,8-9,26-27H,6-7,10H2,1-3H3;1H. The van der Waals surface area contributed by atoms with Gasteiger partial charge in [0.1, 0.15) is 11.6 Å². The number of rotatable bonds is 3. The van der Waals surface area contributed by atoms with Gasteiger partial charge in [0.15, 0.2) is 0 Å². The molecule has 0 radical (unpaired) electrons. The summed E-state index contributed by atoms with van der Waals surface area (Å²) in [7, 11) is 1.62. The van der Waals surface area contributed by atoms with Gasteiger partial charge in [0.25, 0.3) is 0 Å². The van der Waals surface area contributed by atoms with Crippen molar-refractivity contribution in [2.75, 3.05) is 30.4 Å². The van der Waals surface area contributed by atoms with Crippen LogP contribution in [0, 0.1) is 11.6 Å². The molecular weight excluding hydrogens is 455 g/mol. The molecule has 1 fully saturated rings.